The molecule has 82 valence electrons. The first kappa shape index (κ1) is 12.1. The van der Waals surface area contributed by atoms with Crippen LogP contribution in [0.1, 0.15) is 13.3 Å². The average molecular weight is 245 g/mol. The zero-order valence-electron chi connectivity index (χ0n) is 8.21. The Bertz CT molecular complexity index is 468. The molecule has 0 radical (unpaired) electrons. The van der Waals surface area contributed by atoms with Gasteiger partial charge in [0.15, 0.2) is 0 Å². The van der Waals surface area contributed by atoms with Crippen LogP contribution in [0.15, 0.2) is 29.2 Å². The first-order chi connectivity index (χ1) is 6.97. The van der Waals surface area contributed by atoms with Gasteiger partial charge in [-0.05, 0) is 23.7 Å². The molecule has 1 aromatic carbocycles. The van der Waals surface area contributed by atoms with Gasteiger partial charge in [0.1, 0.15) is 0 Å². The lowest BCUT2D eigenvalue weighted by atomic mass is 10.3. The summed E-state index contributed by atoms with van der Waals surface area (Å²) in [7, 11) is -2.54. The van der Waals surface area contributed by atoms with Crippen LogP contribution in [0, 0.1) is 10.1 Å². The van der Waals surface area contributed by atoms with E-state index in [4.69, 9.17) is 11.2 Å². The van der Waals surface area contributed by atoms with E-state index >= 15 is 0 Å². The molecule has 1 atom stereocenters. The maximum Gasteiger partial charge on any atom is 0.270 e. The molecule has 0 saturated carbocycles. The van der Waals surface area contributed by atoms with Crippen molar-refractivity contribution in [2.45, 2.75) is 18.2 Å². The molecule has 1 aromatic rings. The van der Waals surface area contributed by atoms with Gasteiger partial charge >= 0.3 is 0 Å². The molecule has 0 bridgehead atoms. The molecule has 15 heavy (non-hydrogen) atoms. The first-order valence-electron chi connectivity index (χ1n) is 4.44. The van der Waals surface area contributed by atoms with E-state index in [1.165, 1.54) is 18.2 Å². The Labute approximate surface area is 93.1 Å². The lowest BCUT2D eigenvalue weighted by Gasteiger charge is -2.04. The van der Waals surface area contributed by atoms with Gasteiger partial charge < -0.3 is 0 Å². The van der Waals surface area contributed by atoms with Crippen LogP contribution < -0.4 is 0 Å². The van der Waals surface area contributed by atoms with Crippen molar-refractivity contribution in [1.29, 1.82) is 0 Å². The summed E-state index contributed by atoms with van der Waals surface area (Å²) in [6.07, 6.45) is 0.699. The molecule has 0 aliphatic heterocycles. The van der Waals surface area contributed by atoms with Crippen molar-refractivity contribution in [3.8, 4) is 0 Å². The highest BCUT2D eigenvalue weighted by atomic mass is 32.8. The summed E-state index contributed by atoms with van der Waals surface area (Å²) in [6.45, 7) is 1.88. The van der Waals surface area contributed by atoms with E-state index < -0.39 is 13.4 Å². The molecule has 0 aliphatic rings. The maximum atomic E-state index is 12.0. The number of hydrogen-bond donors (Lipinski definition) is 0. The molecule has 1 unspecified atom stereocenters. The number of nitro groups is 1. The fraction of sp³-hybridized carbons (Fsp3) is 0.333. The number of rotatable bonds is 4. The van der Waals surface area contributed by atoms with E-state index in [0.717, 1.165) is 0 Å². The Morgan fingerprint density at radius 3 is 2.73 bits per heavy atom. The number of non-ortho nitro benzene ring substituents is 1. The van der Waals surface area contributed by atoms with E-state index in [0.29, 0.717) is 17.1 Å². The fourth-order valence-corrected chi connectivity index (χ4v) is 3.35. The lowest BCUT2D eigenvalue weighted by Crippen LogP contribution is -2.04. The summed E-state index contributed by atoms with van der Waals surface area (Å²) in [6, 6.07) is 5.75. The van der Waals surface area contributed by atoms with Crippen LogP contribution in [0.5, 0.6) is 0 Å². The highest BCUT2D eigenvalue weighted by Crippen LogP contribution is 2.19. The number of hydrogen-bond acceptors (Lipinski definition) is 4. The molecule has 0 aromatic heterocycles. The minimum Gasteiger partial charge on any atom is -0.258 e. The van der Waals surface area contributed by atoms with E-state index in [1.807, 2.05) is 6.92 Å². The number of nitrogens with zero attached hydrogens (tertiary/aromatic N) is 1. The molecule has 0 spiro atoms. The molecule has 1 rings (SSSR count). The summed E-state index contributed by atoms with van der Waals surface area (Å²) in [5.74, 6) is 0.378. The zero-order valence-corrected chi connectivity index (χ0v) is 9.85. The fourth-order valence-electron chi connectivity index (χ4n) is 1.18. The van der Waals surface area contributed by atoms with Crippen LogP contribution in [-0.2, 0) is 19.7 Å². The summed E-state index contributed by atoms with van der Waals surface area (Å²) in [5.41, 5.74) is -0.0684. The van der Waals surface area contributed by atoms with Gasteiger partial charge in [0.2, 0.25) is 0 Å². The van der Waals surface area contributed by atoms with Gasteiger partial charge in [-0.3, -0.25) is 14.3 Å². The maximum absolute atomic E-state index is 12.0. The smallest absolute Gasteiger partial charge is 0.258 e. The normalized spacial score (nSPS) is 14.5. The molecule has 0 saturated heterocycles. The Hall–Kier alpha value is -1.01. The first-order valence-corrected chi connectivity index (χ1v) is 7.10. The molecule has 0 aliphatic carbocycles. The molecule has 6 heteroatoms. The van der Waals surface area contributed by atoms with Gasteiger partial charge in [-0.15, -0.1) is 0 Å². The SMILES string of the molecule is CCCS(=O)(=S)c1cccc([N+](=O)[O-])c1. The van der Waals surface area contributed by atoms with Gasteiger partial charge in [-0.1, -0.05) is 13.0 Å². The Morgan fingerprint density at radius 1 is 1.53 bits per heavy atom. The third-order valence-corrected chi connectivity index (χ3v) is 4.86. The van der Waals surface area contributed by atoms with Gasteiger partial charge in [0.25, 0.3) is 5.69 Å². The summed E-state index contributed by atoms with van der Waals surface area (Å²) in [4.78, 5) is 10.4. The van der Waals surface area contributed by atoms with Gasteiger partial charge in [-0.25, -0.2) is 0 Å². The van der Waals surface area contributed by atoms with Crippen molar-refractivity contribution in [2.24, 2.45) is 0 Å². The summed E-state index contributed by atoms with van der Waals surface area (Å²) < 4.78 is 12.0. The highest BCUT2D eigenvalue weighted by molar-refractivity contribution is 8.32. The van der Waals surface area contributed by atoms with E-state index in [1.54, 1.807) is 6.07 Å². The molecule has 0 fully saturated rings. The molecule has 0 amide bonds. The van der Waals surface area contributed by atoms with Crippen LogP contribution in [0.4, 0.5) is 5.69 Å². The van der Waals surface area contributed by atoms with Crippen molar-refractivity contribution in [1.82, 2.24) is 0 Å². The van der Waals surface area contributed by atoms with Crippen LogP contribution in [-0.4, -0.2) is 14.9 Å². The largest absolute Gasteiger partial charge is 0.270 e. The van der Waals surface area contributed by atoms with Crippen LogP contribution in [0.25, 0.3) is 0 Å². The quantitative estimate of drug-likeness (QED) is 0.602. The molecular formula is C9H11NO3S2. The predicted octanol–water partition coefficient (Wildman–Crippen LogP) is 2.11. The Morgan fingerprint density at radius 2 is 2.20 bits per heavy atom. The van der Waals surface area contributed by atoms with Crippen molar-refractivity contribution >= 4 is 25.4 Å². The van der Waals surface area contributed by atoms with Crippen molar-refractivity contribution in [3.63, 3.8) is 0 Å². The topological polar surface area (TPSA) is 60.2 Å². The molecular weight excluding hydrogens is 234 g/mol. The lowest BCUT2D eigenvalue weighted by molar-refractivity contribution is -0.385. The molecule has 4 nitrogen and oxygen atoms in total. The van der Waals surface area contributed by atoms with Crippen molar-refractivity contribution < 1.29 is 9.13 Å². The second-order valence-corrected chi connectivity index (χ2v) is 6.80. The second kappa shape index (κ2) is 4.67. The van der Waals surface area contributed by atoms with Crippen LogP contribution in [0.2, 0.25) is 0 Å². The van der Waals surface area contributed by atoms with E-state index in [-0.39, 0.29) is 5.69 Å². The average Bonchev–Trinajstić information content (AvgIpc) is 2.18. The third-order valence-electron chi connectivity index (χ3n) is 1.86. The third kappa shape index (κ3) is 2.97. The van der Waals surface area contributed by atoms with Gasteiger partial charge in [-0.2, -0.15) is 0 Å². The number of benzene rings is 1. The van der Waals surface area contributed by atoms with Crippen LogP contribution in [0.3, 0.4) is 0 Å². The van der Waals surface area contributed by atoms with E-state index in [2.05, 4.69) is 0 Å². The number of nitro benzene ring substituents is 1. The summed E-state index contributed by atoms with van der Waals surface area (Å²) in [5, 5.41) is 10.5. The predicted molar refractivity (Wildman–Crippen MR) is 62.0 cm³/mol. The minimum absolute atomic E-state index is 0.0684. The van der Waals surface area contributed by atoms with Gasteiger partial charge in [0, 0.05) is 22.8 Å². The minimum atomic E-state index is -2.54. The van der Waals surface area contributed by atoms with Gasteiger partial charge in [0.05, 0.1) is 13.4 Å². The van der Waals surface area contributed by atoms with Crippen LogP contribution >= 0.6 is 0 Å². The van der Waals surface area contributed by atoms with E-state index in [9.17, 15) is 14.3 Å². The molecule has 0 heterocycles. The Balaban J connectivity index is 3.16. The summed E-state index contributed by atoms with van der Waals surface area (Å²) >= 11 is 4.96. The molecule has 0 N–H and O–H groups in total. The standard InChI is InChI=1S/C9H11NO3S2/c1-2-6-15(13,14)9-5-3-4-8(7-9)10(11)12/h3-5,7H,2,6H2,1H3. The highest BCUT2D eigenvalue weighted by Gasteiger charge is 2.13. The zero-order chi connectivity index (χ0) is 11.5. The Kier molecular flexibility index (Phi) is 3.76. The van der Waals surface area contributed by atoms with Crippen molar-refractivity contribution in [2.75, 3.05) is 5.75 Å². The van der Waals surface area contributed by atoms with Crippen molar-refractivity contribution in [3.05, 3.63) is 34.4 Å². The second-order valence-electron chi connectivity index (χ2n) is 3.07. The monoisotopic (exact) mass is 245 g/mol.